The van der Waals surface area contributed by atoms with Crippen molar-refractivity contribution < 1.29 is 4.79 Å². The molecule has 2 N–H and O–H groups in total. The zero-order valence-corrected chi connectivity index (χ0v) is 15.6. The highest BCUT2D eigenvalue weighted by Crippen LogP contribution is 2.27. The van der Waals surface area contributed by atoms with Crippen LogP contribution >= 0.6 is 11.3 Å². The number of H-pyrrole nitrogens is 1. The van der Waals surface area contributed by atoms with Gasteiger partial charge in [0.25, 0.3) is 0 Å². The predicted octanol–water partition coefficient (Wildman–Crippen LogP) is 3.38. The Morgan fingerprint density at radius 2 is 2.19 bits per heavy atom. The molecule has 0 bridgehead atoms. The van der Waals surface area contributed by atoms with Gasteiger partial charge in [-0.25, -0.2) is 0 Å². The zero-order chi connectivity index (χ0) is 17.9. The van der Waals surface area contributed by atoms with Gasteiger partial charge >= 0.3 is 0 Å². The molecule has 134 valence electrons. The van der Waals surface area contributed by atoms with Crippen molar-refractivity contribution in [1.29, 1.82) is 0 Å². The van der Waals surface area contributed by atoms with Gasteiger partial charge in [0.2, 0.25) is 5.91 Å². The van der Waals surface area contributed by atoms with E-state index in [1.807, 2.05) is 30.3 Å². The van der Waals surface area contributed by atoms with E-state index < -0.39 is 0 Å². The molecule has 3 heterocycles. The van der Waals surface area contributed by atoms with Crippen LogP contribution in [0.1, 0.15) is 17.5 Å². The number of nitrogens with one attached hydrogen (secondary N) is 2. The number of anilines is 1. The van der Waals surface area contributed by atoms with E-state index in [1.54, 1.807) is 11.3 Å². The molecule has 26 heavy (non-hydrogen) atoms. The van der Waals surface area contributed by atoms with Gasteiger partial charge < -0.3 is 10.2 Å². The van der Waals surface area contributed by atoms with Gasteiger partial charge in [-0.05, 0) is 30.4 Å². The smallest absolute Gasteiger partial charge is 0.224 e. The standard InChI is InChI=1S/C20H22N4OS/c1-14-4-6-15(7-5-14)11-20(25)21-16-8-9-24(13-16)19-12-17(22-23-19)18-3-2-10-26-18/h2-7,10,12,16H,8-9,11,13H2,1H3,(H,21,25)(H,22,23). The Balaban J connectivity index is 1.32. The second-order valence-corrected chi connectivity index (χ2v) is 7.73. The van der Waals surface area contributed by atoms with Crippen LogP contribution in [0.25, 0.3) is 10.6 Å². The molecule has 3 aromatic rings. The number of nitrogens with zero attached hydrogens (tertiary/aromatic N) is 2. The van der Waals surface area contributed by atoms with E-state index >= 15 is 0 Å². The monoisotopic (exact) mass is 366 g/mol. The van der Waals surface area contributed by atoms with Gasteiger partial charge in [-0.2, -0.15) is 5.10 Å². The molecule has 1 saturated heterocycles. The molecular formula is C20H22N4OS. The molecule has 2 aromatic heterocycles. The molecule has 0 spiro atoms. The molecule has 1 amide bonds. The molecule has 1 aliphatic heterocycles. The van der Waals surface area contributed by atoms with Crippen molar-refractivity contribution in [3.8, 4) is 10.6 Å². The first-order chi connectivity index (χ1) is 12.7. The fourth-order valence-corrected chi connectivity index (χ4v) is 3.98. The highest BCUT2D eigenvalue weighted by atomic mass is 32.1. The molecule has 0 radical (unpaired) electrons. The topological polar surface area (TPSA) is 61.0 Å². The number of benzene rings is 1. The molecule has 1 unspecified atom stereocenters. The fourth-order valence-electron chi connectivity index (χ4n) is 3.29. The van der Waals surface area contributed by atoms with Crippen LogP contribution in [0.5, 0.6) is 0 Å². The maximum atomic E-state index is 12.3. The maximum Gasteiger partial charge on any atom is 0.224 e. The van der Waals surface area contributed by atoms with E-state index in [9.17, 15) is 4.79 Å². The van der Waals surface area contributed by atoms with E-state index in [4.69, 9.17) is 0 Å². The number of amides is 1. The largest absolute Gasteiger partial charge is 0.353 e. The molecule has 1 aromatic carbocycles. The number of carbonyl (C=O) groups is 1. The summed E-state index contributed by atoms with van der Waals surface area (Å²) in [5.41, 5.74) is 3.30. The first-order valence-corrected chi connectivity index (χ1v) is 9.74. The second-order valence-electron chi connectivity index (χ2n) is 6.78. The minimum absolute atomic E-state index is 0.0852. The maximum absolute atomic E-state index is 12.3. The molecule has 5 nitrogen and oxygen atoms in total. The third-order valence-electron chi connectivity index (χ3n) is 4.71. The molecule has 1 aliphatic rings. The first-order valence-electron chi connectivity index (χ1n) is 8.86. The number of aromatic amines is 1. The van der Waals surface area contributed by atoms with Gasteiger partial charge in [-0.15, -0.1) is 11.3 Å². The molecule has 0 aliphatic carbocycles. The Kier molecular flexibility index (Phi) is 4.75. The number of thiophene rings is 1. The average molecular weight is 366 g/mol. The van der Waals surface area contributed by atoms with Crippen LogP contribution in [0.15, 0.2) is 47.8 Å². The van der Waals surface area contributed by atoms with Crippen LogP contribution in [0.4, 0.5) is 5.82 Å². The van der Waals surface area contributed by atoms with Gasteiger partial charge in [0.1, 0.15) is 0 Å². The minimum Gasteiger partial charge on any atom is -0.353 e. The quantitative estimate of drug-likeness (QED) is 0.728. The fraction of sp³-hybridized carbons (Fsp3) is 0.300. The molecule has 1 atom stereocenters. The van der Waals surface area contributed by atoms with Gasteiger partial charge in [0.05, 0.1) is 17.0 Å². The Bertz CT molecular complexity index is 870. The van der Waals surface area contributed by atoms with Gasteiger partial charge in [0.15, 0.2) is 5.82 Å². The Morgan fingerprint density at radius 3 is 2.96 bits per heavy atom. The van der Waals surface area contributed by atoms with Crippen molar-refractivity contribution in [2.24, 2.45) is 0 Å². The molecule has 4 rings (SSSR count). The summed E-state index contributed by atoms with van der Waals surface area (Å²) in [6, 6.07) is 14.5. The summed E-state index contributed by atoms with van der Waals surface area (Å²) in [7, 11) is 0. The minimum atomic E-state index is 0.0852. The SMILES string of the molecule is Cc1ccc(CC(=O)NC2CCN(c3cc(-c4cccs4)[nH]n3)C2)cc1. The van der Waals surface area contributed by atoms with Crippen molar-refractivity contribution in [3.05, 3.63) is 59.0 Å². The van der Waals surface area contributed by atoms with Crippen LogP contribution < -0.4 is 10.2 Å². The summed E-state index contributed by atoms with van der Waals surface area (Å²) in [5.74, 6) is 1.03. The van der Waals surface area contributed by atoms with Gasteiger partial charge in [0, 0.05) is 25.2 Å². The summed E-state index contributed by atoms with van der Waals surface area (Å²) in [5, 5.41) is 12.8. The molecule has 1 fully saturated rings. The highest BCUT2D eigenvalue weighted by Gasteiger charge is 2.25. The normalized spacial score (nSPS) is 16.8. The average Bonchev–Trinajstić information content (AvgIpc) is 3.37. The number of rotatable bonds is 5. The molecular weight excluding hydrogens is 344 g/mol. The van der Waals surface area contributed by atoms with E-state index in [1.165, 1.54) is 10.4 Å². The number of aryl methyl sites for hydroxylation is 1. The summed E-state index contributed by atoms with van der Waals surface area (Å²) < 4.78 is 0. The summed E-state index contributed by atoms with van der Waals surface area (Å²) in [6.07, 6.45) is 1.38. The lowest BCUT2D eigenvalue weighted by Crippen LogP contribution is -2.38. The van der Waals surface area contributed by atoms with Gasteiger partial charge in [-0.1, -0.05) is 35.9 Å². The van der Waals surface area contributed by atoms with E-state index in [2.05, 4.69) is 44.9 Å². The van der Waals surface area contributed by atoms with Crippen LogP contribution in [0, 0.1) is 6.92 Å². The van der Waals surface area contributed by atoms with Crippen LogP contribution in [-0.4, -0.2) is 35.2 Å². The van der Waals surface area contributed by atoms with Crippen LogP contribution in [-0.2, 0) is 11.2 Å². The van der Waals surface area contributed by atoms with Crippen molar-refractivity contribution in [1.82, 2.24) is 15.5 Å². The highest BCUT2D eigenvalue weighted by molar-refractivity contribution is 7.13. The lowest BCUT2D eigenvalue weighted by molar-refractivity contribution is -0.121. The van der Waals surface area contributed by atoms with Crippen molar-refractivity contribution in [2.45, 2.75) is 25.8 Å². The van der Waals surface area contributed by atoms with Crippen molar-refractivity contribution >= 4 is 23.1 Å². The Morgan fingerprint density at radius 1 is 1.35 bits per heavy atom. The Labute approximate surface area is 157 Å². The lowest BCUT2D eigenvalue weighted by Gasteiger charge is -2.16. The lowest BCUT2D eigenvalue weighted by atomic mass is 10.1. The van der Waals surface area contributed by atoms with Crippen molar-refractivity contribution in [2.75, 3.05) is 18.0 Å². The first kappa shape index (κ1) is 16.8. The summed E-state index contributed by atoms with van der Waals surface area (Å²) in [4.78, 5) is 15.7. The van der Waals surface area contributed by atoms with Crippen molar-refractivity contribution in [3.63, 3.8) is 0 Å². The number of aromatic nitrogens is 2. The van der Waals surface area contributed by atoms with E-state index in [0.717, 1.165) is 36.6 Å². The second kappa shape index (κ2) is 7.33. The van der Waals surface area contributed by atoms with E-state index in [0.29, 0.717) is 6.42 Å². The van der Waals surface area contributed by atoms with E-state index in [-0.39, 0.29) is 11.9 Å². The van der Waals surface area contributed by atoms with Crippen LogP contribution in [0.3, 0.4) is 0 Å². The van der Waals surface area contributed by atoms with Gasteiger partial charge in [-0.3, -0.25) is 9.89 Å². The third-order valence-corrected chi connectivity index (χ3v) is 5.62. The molecule has 6 heteroatoms. The summed E-state index contributed by atoms with van der Waals surface area (Å²) in [6.45, 7) is 3.76. The summed E-state index contributed by atoms with van der Waals surface area (Å²) >= 11 is 1.70. The number of carbonyl (C=O) groups excluding carboxylic acids is 1. The number of hydrogen-bond acceptors (Lipinski definition) is 4. The predicted molar refractivity (Wildman–Crippen MR) is 106 cm³/mol. The third kappa shape index (κ3) is 3.80. The zero-order valence-electron chi connectivity index (χ0n) is 14.7. The van der Waals surface area contributed by atoms with Crippen LogP contribution in [0.2, 0.25) is 0 Å². The molecule has 0 saturated carbocycles. The number of hydrogen-bond donors (Lipinski definition) is 2. The Hall–Kier alpha value is -2.60.